The van der Waals surface area contributed by atoms with Crippen LogP contribution in [0.5, 0.6) is 0 Å². The molecular formula is C6H4F3N. The minimum Gasteiger partial charge on any atom is -0.396 e. The van der Waals surface area contributed by atoms with Crippen LogP contribution in [0.4, 0.5) is 18.9 Å². The molecule has 0 atom stereocenters. The molecule has 1 aromatic rings. The summed E-state index contributed by atoms with van der Waals surface area (Å²) in [5.74, 6) is -3.35. The Hall–Kier alpha value is -1.19. The summed E-state index contributed by atoms with van der Waals surface area (Å²) in [5.41, 5.74) is 4.35. The molecule has 0 amide bonds. The molecule has 0 unspecified atom stereocenters. The molecule has 0 spiro atoms. The predicted molar refractivity (Wildman–Crippen MR) is 30.7 cm³/mol. The number of nitrogens with two attached hydrogens (primary N) is 1. The van der Waals surface area contributed by atoms with E-state index in [1.165, 1.54) is 0 Å². The van der Waals surface area contributed by atoms with Gasteiger partial charge in [0, 0.05) is 6.07 Å². The van der Waals surface area contributed by atoms with Crippen molar-refractivity contribution in [2.24, 2.45) is 0 Å². The van der Waals surface area contributed by atoms with Gasteiger partial charge in [0.05, 0.1) is 5.69 Å². The molecule has 0 aliphatic rings. The third-order valence-electron chi connectivity index (χ3n) is 1.02. The average Bonchev–Trinajstić information content (AvgIpc) is 1.82. The zero-order valence-electron chi connectivity index (χ0n) is 4.87. The Kier molecular flexibility index (Phi) is 1.53. The minimum atomic E-state index is -1.27. The van der Waals surface area contributed by atoms with Crippen molar-refractivity contribution in [1.29, 1.82) is 0 Å². The van der Waals surface area contributed by atoms with Crippen LogP contribution in [-0.2, 0) is 0 Å². The molecule has 4 heteroatoms. The molecule has 0 aliphatic heterocycles. The molecule has 0 saturated heterocycles. The second kappa shape index (κ2) is 2.21. The topological polar surface area (TPSA) is 26.0 Å². The van der Waals surface area contributed by atoms with Gasteiger partial charge in [-0.05, 0) is 6.07 Å². The smallest absolute Gasteiger partial charge is 0.181 e. The molecule has 0 fully saturated rings. The second-order valence-electron chi connectivity index (χ2n) is 1.79. The highest BCUT2D eigenvalue weighted by atomic mass is 19.2. The molecule has 10 heavy (non-hydrogen) atoms. The fourth-order valence-electron chi connectivity index (χ4n) is 0.576. The number of hydrogen-bond acceptors (Lipinski definition) is 1. The van der Waals surface area contributed by atoms with Gasteiger partial charge in [0.1, 0.15) is 5.82 Å². The molecule has 0 radical (unpaired) electrons. The number of benzene rings is 1. The van der Waals surface area contributed by atoms with Gasteiger partial charge in [-0.2, -0.15) is 0 Å². The number of nitrogen functional groups attached to an aromatic ring is 1. The van der Waals surface area contributed by atoms with E-state index in [0.717, 1.165) is 6.07 Å². The summed E-state index contributed by atoms with van der Waals surface area (Å²) in [6.45, 7) is 0. The van der Waals surface area contributed by atoms with Gasteiger partial charge < -0.3 is 5.73 Å². The molecule has 0 aliphatic carbocycles. The Balaban J connectivity index is 3.31. The molecule has 0 bridgehead atoms. The van der Waals surface area contributed by atoms with Crippen LogP contribution >= 0.6 is 0 Å². The normalized spacial score (nSPS) is 9.90. The maximum atomic E-state index is 12.2. The van der Waals surface area contributed by atoms with Crippen molar-refractivity contribution >= 4 is 5.69 Å². The van der Waals surface area contributed by atoms with E-state index in [-0.39, 0.29) is 0 Å². The first kappa shape index (κ1) is 6.92. The Bertz CT molecular complexity index is 236. The molecule has 2 N–H and O–H groups in total. The first-order chi connectivity index (χ1) is 4.61. The van der Waals surface area contributed by atoms with Gasteiger partial charge in [-0.15, -0.1) is 0 Å². The summed E-state index contributed by atoms with van der Waals surface area (Å²) in [6.07, 6.45) is 0. The molecular weight excluding hydrogens is 143 g/mol. The van der Waals surface area contributed by atoms with Crippen LogP contribution in [0.2, 0.25) is 0 Å². The highest BCUT2D eigenvalue weighted by molar-refractivity contribution is 5.39. The predicted octanol–water partition coefficient (Wildman–Crippen LogP) is 1.69. The van der Waals surface area contributed by atoms with E-state index in [0.29, 0.717) is 6.07 Å². The lowest BCUT2D eigenvalue weighted by molar-refractivity contribution is 0.498. The SMILES string of the molecule is Nc1cc(F)cc(F)c1F. The van der Waals surface area contributed by atoms with E-state index in [9.17, 15) is 13.2 Å². The summed E-state index contributed by atoms with van der Waals surface area (Å²) in [6, 6.07) is 1.16. The zero-order valence-corrected chi connectivity index (χ0v) is 4.87. The largest absolute Gasteiger partial charge is 0.396 e. The number of halogens is 3. The minimum absolute atomic E-state index is 0.436. The van der Waals surface area contributed by atoms with Crippen LogP contribution in [0.15, 0.2) is 12.1 Å². The Labute approximate surface area is 55.3 Å². The highest BCUT2D eigenvalue weighted by Crippen LogP contribution is 2.14. The van der Waals surface area contributed by atoms with Crippen molar-refractivity contribution in [2.45, 2.75) is 0 Å². The van der Waals surface area contributed by atoms with Crippen LogP contribution in [0, 0.1) is 17.5 Å². The van der Waals surface area contributed by atoms with Gasteiger partial charge in [-0.1, -0.05) is 0 Å². The van der Waals surface area contributed by atoms with Gasteiger partial charge >= 0.3 is 0 Å². The first-order valence-corrected chi connectivity index (χ1v) is 2.51. The Morgan fingerprint density at radius 3 is 2.20 bits per heavy atom. The summed E-state index contributed by atoms with van der Waals surface area (Å²) in [4.78, 5) is 0. The maximum Gasteiger partial charge on any atom is 0.181 e. The van der Waals surface area contributed by atoms with Crippen LogP contribution in [0.3, 0.4) is 0 Å². The molecule has 0 saturated carbocycles. The molecule has 0 heterocycles. The third-order valence-corrected chi connectivity index (χ3v) is 1.02. The first-order valence-electron chi connectivity index (χ1n) is 2.51. The van der Waals surface area contributed by atoms with E-state index in [1.54, 1.807) is 0 Å². The van der Waals surface area contributed by atoms with Crippen LogP contribution in [0.1, 0.15) is 0 Å². The quantitative estimate of drug-likeness (QED) is 0.438. The lowest BCUT2D eigenvalue weighted by Gasteiger charge is -1.96. The molecule has 54 valence electrons. The van der Waals surface area contributed by atoms with Crippen LogP contribution in [0.25, 0.3) is 0 Å². The van der Waals surface area contributed by atoms with Crippen molar-refractivity contribution in [3.8, 4) is 0 Å². The fourth-order valence-corrected chi connectivity index (χ4v) is 0.576. The van der Waals surface area contributed by atoms with Crippen molar-refractivity contribution in [3.05, 3.63) is 29.6 Å². The van der Waals surface area contributed by atoms with Gasteiger partial charge in [0.15, 0.2) is 11.6 Å². The molecule has 0 aromatic heterocycles. The zero-order chi connectivity index (χ0) is 7.72. The Morgan fingerprint density at radius 2 is 1.70 bits per heavy atom. The highest BCUT2D eigenvalue weighted by Gasteiger charge is 2.06. The average molecular weight is 147 g/mol. The van der Waals surface area contributed by atoms with E-state index in [1.807, 2.05) is 0 Å². The van der Waals surface area contributed by atoms with Crippen molar-refractivity contribution in [2.75, 3.05) is 5.73 Å². The van der Waals surface area contributed by atoms with E-state index in [2.05, 4.69) is 0 Å². The van der Waals surface area contributed by atoms with Crippen LogP contribution in [-0.4, -0.2) is 0 Å². The summed E-state index contributed by atoms with van der Waals surface area (Å²) < 4.78 is 36.5. The maximum absolute atomic E-state index is 12.2. The standard InChI is InChI=1S/C6H4F3N/c7-3-1-4(8)6(9)5(10)2-3/h1-2H,10H2. The van der Waals surface area contributed by atoms with Gasteiger partial charge in [-0.25, -0.2) is 13.2 Å². The second-order valence-corrected chi connectivity index (χ2v) is 1.79. The lowest BCUT2D eigenvalue weighted by atomic mass is 10.3. The fraction of sp³-hybridized carbons (Fsp3) is 0. The van der Waals surface area contributed by atoms with E-state index in [4.69, 9.17) is 5.73 Å². The van der Waals surface area contributed by atoms with Crippen molar-refractivity contribution in [3.63, 3.8) is 0 Å². The summed E-state index contributed by atoms with van der Waals surface area (Å²) >= 11 is 0. The summed E-state index contributed by atoms with van der Waals surface area (Å²) in [5, 5.41) is 0. The van der Waals surface area contributed by atoms with Crippen LogP contribution < -0.4 is 5.73 Å². The molecule has 1 nitrogen and oxygen atoms in total. The Morgan fingerprint density at radius 1 is 1.10 bits per heavy atom. The molecule has 1 aromatic carbocycles. The summed E-state index contributed by atoms with van der Waals surface area (Å²) in [7, 11) is 0. The number of rotatable bonds is 0. The van der Waals surface area contributed by atoms with Gasteiger partial charge in [-0.3, -0.25) is 0 Å². The van der Waals surface area contributed by atoms with Gasteiger partial charge in [0.2, 0.25) is 0 Å². The van der Waals surface area contributed by atoms with E-state index < -0.39 is 23.1 Å². The van der Waals surface area contributed by atoms with Crippen molar-refractivity contribution in [1.82, 2.24) is 0 Å². The number of anilines is 1. The monoisotopic (exact) mass is 147 g/mol. The lowest BCUT2D eigenvalue weighted by Crippen LogP contribution is -1.95. The molecule has 1 rings (SSSR count). The van der Waals surface area contributed by atoms with Crippen molar-refractivity contribution < 1.29 is 13.2 Å². The third kappa shape index (κ3) is 1.05. The number of hydrogen-bond donors (Lipinski definition) is 1. The van der Waals surface area contributed by atoms with Gasteiger partial charge in [0.25, 0.3) is 0 Å². The van der Waals surface area contributed by atoms with E-state index >= 15 is 0 Å².